The molecule has 28 heavy (non-hydrogen) atoms. The molecule has 0 aliphatic rings. The van der Waals surface area contributed by atoms with Crippen LogP contribution >= 0.6 is 22.9 Å². The van der Waals surface area contributed by atoms with Crippen molar-refractivity contribution in [2.45, 2.75) is 13.0 Å². The molecule has 10 heteroatoms. The summed E-state index contributed by atoms with van der Waals surface area (Å²) in [4.78, 5) is 22.5. The van der Waals surface area contributed by atoms with Crippen molar-refractivity contribution in [3.63, 3.8) is 0 Å². The molecule has 1 aromatic carbocycles. The van der Waals surface area contributed by atoms with Crippen molar-refractivity contribution in [2.75, 3.05) is 19.1 Å². The third kappa shape index (κ3) is 3.51. The van der Waals surface area contributed by atoms with Gasteiger partial charge in [-0.25, -0.2) is 15.4 Å². The van der Waals surface area contributed by atoms with Crippen molar-refractivity contribution < 1.29 is 4.74 Å². The maximum Gasteiger partial charge on any atom is 0.262 e. The first-order valence-corrected chi connectivity index (χ1v) is 9.83. The van der Waals surface area contributed by atoms with Gasteiger partial charge in [-0.1, -0.05) is 23.7 Å². The van der Waals surface area contributed by atoms with Crippen molar-refractivity contribution >= 4 is 51.0 Å². The average molecular weight is 417 g/mol. The summed E-state index contributed by atoms with van der Waals surface area (Å²) < 4.78 is 8.51. The summed E-state index contributed by atoms with van der Waals surface area (Å²) in [6.07, 6.45) is 4.11. The Labute approximate surface area is 169 Å². The van der Waals surface area contributed by atoms with Gasteiger partial charge in [0.15, 0.2) is 10.1 Å². The van der Waals surface area contributed by atoms with E-state index in [0.29, 0.717) is 47.3 Å². The second kappa shape index (κ2) is 8.09. The molecule has 4 rings (SSSR count). The minimum Gasteiger partial charge on any atom is -0.385 e. The summed E-state index contributed by atoms with van der Waals surface area (Å²) in [7, 11) is 1.63. The van der Waals surface area contributed by atoms with Gasteiger partial charge in [0.05, 0.1) is 17.1 Å². The van der Waals surface area contributed by atoms with Crippen LogP contribution in [0.4, 0.5) is 5.95 Å². The molecule has 0 spiro atoms. The molecule has 3 heterocycles. The molecular formula is C18H17ClN6O2S. The molecule has 0 unspecified atom stereocenters. The van der Waals surface area contributed by atoms with Crippen molar-refractivity contribution in [2.24, 2.45) is 5.10 Å². The number of rotatable bonds is 7. The van der Waals surface area contributed by atoms with Gasteiger partial charge in [-0.2, -0.15) is 5.10 Å². The van der Waals surface area contributed by atoms with Crippen LogP contribution in [0.5, 0.6) is 0 Å². The van der Waals surface area contributed by atoms with E-state index in [1.165, 1.54) is 11.3 Å². The van der Waals surface area contributed by atoms with Crippen molar-refractivity contribution in [1.82, 2.24) is 18.9 Å². The van der Waals surface area contributed by atoms with Gasteiger partial charge in [0.2, 0.25) is 5.95 Å². The highest BCUT2D eigenvalue weighted by Gasteiger charge is 2.11. The Morgan fingerprint density at radius 3 is 3.07 bits per heavy atom. The third-order valence-electron chi connectivity index (χ3n) is 4.20. The second-order valence-electron chi connectivity index (χ2n) is 5.97. The second-order valence-corrected chi connectivity index (χ2v) is 7.20. The van der Waals surface area contributed by atoms with Gasteiger partial charge >= 0.3 is 0 Å². The summed E-state index contributed by atoms with van der Waals surface area (Å²) >= 11 is 7.67. The number of anilines is 1. The summed E-state index contributed by atoms with van der Waals surface area (Å²) in [5.41, 5.74) is 4.02. The van der Waals surface area contributed by atoms with Gasteiger partial charge in [0, 0.05) is 31.8 Å². The smallest absolute Gasteiger partial charge is 0.262 e. The molecular weight excluding hydrogens is 400 g/mol. The molecule has 0 aliphatic carbocycles. The lowest BCUT2D eigenvalue weighted by Gasteiger charge is -2.12. The number of para-hydroxylation sites is 1. The zero-order valence-corrected chi connectivity index (χ0v) is 16.6. The normalized spacial score (nSPS) is 11.8. The van der Waals surface area contributed by atoms with E-state index in [9.17, 15) is 4.79 Å². The number of halogens is 1. The van der Waals surface area contributed by atoms with Crippen LogP contribution in [0, 0.1) is 0 Å². The van der Waals surface area contributed by atoms with E-state index in [1.54, 1.807) is 30.0 Å². The van der Waals surface area contributed by atoms with Gasteiger partial charge < -0.3 is 4.74 Å². The van der Waals surface area contributed by atoms with E-state index in [2.05, 4.69) is 20.5 Å². The van der Waals surface area contributed by atoms with E-state index >= 15 is 0 Å². The number of methoxy groups -OCH3 is 1. The Morgan fingerprint density at radius 1 is 1.36 bits per heavy atom. The first-order chi connectivity index (χ1) is 13.7. The predicted octanol–water partition coefficient (Wildman–Crippen LogP) is 3.24. The van der Waals surface area contributed by atoms with Crippen LogP contribution in [0.1, 0.15) is 12.1 Å². The Kier molecular flexibility index (Phi) is 5.38. The molecule has 0 amide bonds. The molecule has 0 aliphatic heterocycles. The number of hydrogen-bond acceptors (Lipinski definition) is 7. The van der Waals surface area contributed by atoms with Crippen LogP contribution in [0.15, 0.2) is 45.7 Å². The fourth-order valence-corrected chi connectivity index (χ4v) is 3.86. The molecule has 1 N–H and O–H groups in total. The van der Waals surface area contributed by atoms with Crippen molar-refractivity contribution in [3.8, 4) is 0 Å². The lowest BCUT2D eigenvalue weighted by Crippen LogP contribution is -2.25. The highest BCUT2D eigenvalue weighted by Crippen LogP contribution is 2.20. The van der Waals surface area contributed by atoms with E-state index in [1.807, 2.05) is 28.1 Å². The van der Waals surface area contributed by atoms with Gasteiger partial charge in [0.25, 0.3) is 5.56 Å². The Morgan fingerprint density at radius 2 is 2.21 bits per heavy atom. The zero-order valence-electron chi connectivity index (χ0n) is 15.0. The van der Waals surface area contributed by atoms with Crippen LogP contribution < -0.4 is 11.0 Å². The third-order valence-corrected chi connectivity index (χ3v) is 5.23. The first-order valence-electron chi connectivity index (χ1n) is 8.57. The molecule has 3 aromatic heterocycles. The molecule has 0 radical (unpaired) electrons. The molecule has 0 atom stereocenters. The Balaban J connectivity index is 1.68. The van der Waals surface area contributed by atoms with E-state index in [-0.39, 0.29) is 5.56 Å². The molecule has 0 bridgehead atoms. The lowest BCUT2D eigenvalue weighted by atomic mass is 10.2. The predicted molar refractivity (Wildman–Crippen MR) is 112 cm³/mol. The van der Waals surface area contributed by atoms with Crippen LogP contribution in [-0.4, -0.2) is 38.9 Å². The molecule has 4 aromatic rings. The number of imidazole rings is 1. The van der Waals surface area contributed by atoms with E-state index in [0.717, 1.165) is 4.96 Å². The van der Waals surface area contributed by atoms with Crippen LogP contribution in [0.25, 0.3) is 15.9 Å². The summed E-state index contributed by atoms with van der Waals surface area (Å²) in [5.74, 6) is 0.359. The number of aromatic nitrogens is 4. The fourth-order valence-electron chi connectivity index (χ4n) is 2.87. The quantitative estimate of drug-likeness (QED) is 0.284. The summed E-state index contributed by atoms with van der Waals surface area (Å²) in [6, 6.07) is 7.23. The number of fused-ring (bicyclic) bond motifs is 2. The SMILES string of the molecule is COCCCn1c(N/N=C\c2c(Cl)nc3sccn23)nc2ccccc2c1=O. The minimum absolute atomic E-state index is 0.123. The van der Waals surface area contributed by atoms with Gasteiger partial charge in [-0.05, 0) is 18.6 Å². The molecule has 0 saturated carbocycles. The zero-order chi connectivity index (χ0) is 19.5. The maximum atomic E-state index is 12.9. The number of hydrazone groups is 1. The van der Waals surface area contributed by atoms with Gasteiger partial charge in [0.1, 0.15) is 5.69 Å². The minimum atomic E-state index is -0.123. The molecule has 0 fully saturated rings. The van der Waals surface area contributed by atoms with Gasteiger partial charge in [-0.15, -0.1) is 11.3 Å². The molecule has 0 saturated heterocycles. The maximum absolute atomic E-state index is 12.9. The average Bonchev–Trinajstić information content (AvgIpc) is 3.26. The van der Waals surface area contributed by atoms with Crippen LogP contribution in [-0.2, 0) is 11.3 Å². The van der Waals surface area contributed by atoms with Crippen molar-refractivity contribution in [3.05, 3.63) is 57.0 Å². The van der Waals surface area contributed by atoms with Gasteiger partial charge in [-0.3, -0.25) is 13.8 Å². The molecule has 144 valence electrons. The lowest BCUT2D eigenvalue weighted by molar-refractivity contribution is 0.190. The number of nitrogens with one attached hydrogen (secondary N) is 1. The standard InChI is InChI=1S/C18H17ClN6O2S/c1-27-9-4-7-25-16(26)12-5-2-3-6-13(12)21-17(25)23-20-11-14-15(19)22-18-24(14)8-10-28-18/h2-3,5-6,8,10-11H,4,7,9H2,1H3,(H,21,23)/b20-11-. The highest BCUT2D eigenvalue weighted by atomic mass is 35.5. The molecule has 8 nitrogen and oxygen atoms in total. The number of nitrogens with zero attached hydrogens (tertiary/aromatic N) is 5. The number of thiazole rings is 1. The largest absolute Gasteiger partial charge is 0.385 e. The Hall–Kier alpha value is -2.75. The first kappa shape index (κ1) is 18.6. The summed E-state index contributed by atoms with van der Waals surface area (Å²) in [6.45, 7) is 1.01. The monoisotopic (exact) mass is 416 g/mol. The summed E-state index contributed by atoms with van der Waals surface area (Å²) in [5, 5.41) is 7.09. The number of hydrogen-bond donors (Lipinski definition) is 1. The fraction of sp³-hybridized carbons (Fsp3) is 0.222. The highest BCUT2D eigenvalue weighted by molar-refractivity contribution is 7.15. The Bertz CT molecular complexity index is 1210. The van der Waals surface area contributed by atoms with E-state index < -0.39 is 0 Å². The van der Waals surface area contributed by atoms with Crippen molar-refractivity contribution in [1.29, 1.82) is 0 Å². The number of ether oxygens (including phenoxy) is 1. The van der Waals surface area contributed by atoms with E-state index in [4.69, 9.17) is 16.3 Å². The topological polar surface area (TPSA) is 85.8 Å². The number of benzene rings is 1. The van der Waals surface area contributed by atoms with Crippen LogP contribution in [0.2, 0.25) is 5.15 Å². The van der Waals surface area contributed by atoms with Crippen LogP contribution in [0.3, 0.4) is 0 Å².